The fraction of sp³-hybridized carbons (Fsp3) is 0.571. The number of ether oxygens (including phenoxy) is 1. The lowest BCUT2D eigenvalue weighted by Crippen LogP contribution is -2.52. The average Bonchev–Trinajstić information content (AvgIpc) is 3.23. The molecule has 1 aliphatic rings. The maximum atomic E-state index is 5.30. The van der Waals surface area contributed by atoms with Crippen LogP contribution in [0, 0.1) is 0 Å². The van der Waals surface area contributed by atoms with Gasteiger partial charge in [0.05, 0.1) is 7.11 Å². The van der Waals surface area contributed by atoms with E-state index >= 15 is 0 Å². The molecule has 1 aromatic carbocycles. The Morgan fingerprint density at radius 1 is 1.21 bits per heavy atom. The highest BCUT2D eigenvalue weighted by Crippen LogP contribution is 2.20. The molecule has 1 saturated heterocycles. The fourth-order valence-corrected chi connectivity index (χ4v) is 3.35. The van der Waals surface area contributed by atoms with E-state index in [-0.39, 0.29) is 0 Å². The Morgan fingerprint density at radius 2 is 1.93 bits per heavy atom. The summed E-state index contributed by atoms with van der Waals surface area (Å²) in [6, 6.07) is 8.25. The van der Waals surface area contributed by atoms with Gasteiger partial charge in [-0.25, -0.2) is 0 Å². The van der Waals surface area contributed by atoms with Gasteiger partial charge in [0.2, 0.25) is 5.89 Å². The van der Waals surface area contributed by atoms with Gasteiger partial charge in [-0.15, -0.1) is 0 Å². The van der Waals surface area contributed by atoms with Gasteiger partial charge in [0.15, 0.2) is 11.8 Å². The van der Waals surface area contributed by atoms with Crippen LogP contribution in [0.3, 0.4) is 0 Å². The van der Waals surface area contributed by atoms with Crippen LogP contribution < -0.4 is 15.0 Å². The van der Waals surface area contributed by atoms with E-state index in [1.165, 1.54) is 5.69 Å². The van der Waals surface area contributed by atoms with E-state index in [2.05, 4.69) is 56.2 Å². The van der Waals surface area contributed by atoms with E-state index in [0.29, 0.717) is 11.8 Å². The van der Waals surface area contributed by atoms with Crippen molar-refractivity contribution >= 4 is 11.6 Å². The number of hydrogen-bond acceptors (Lipinski definition) is 6. The van der Waals surface area contributed by atoms with E-state index in [0.717, 1.165) is 63.1 Å². The molecule has 0 radical (unpaired) electrons. The summed E-state index contributed by atoms with van der Waals surface area (Å²) in [4.78, 5) is 13.6. The number of nitrogens with zero attached hydrogens (tertiary/aromatic N) is 5. The smallest absolute Gasteiger partial charge is 0.226 e. The van der Waals surface area contributed by atoms with Gasteiger partial charge >= 0.3 is 0 Å². The van der Waals surface area contributed by atoms with Crippen molar-refractivity contribution in [2.75, 3.05) is 51.8 Å². The number of anilines is 1. The molecule has 1 N–H and O–H groups in total. The molecule has 0 bridgehead atoms. The SMILES string of the molecule is CN=C(NCCCc1nc(C(C)C)no1)N1CCN(c2ccc(OC)cc2)CC1. The quantitative estimate of drug-likeness (QED) is 0.435. The Labute approximate surface area is 172 Å². The third-order valence-electron chi connectivity index (χ3n) is 5.08. The van der Waals surface area contributed by atoms with Crippen LogP contribution in [0.2, 0.25) is 0 Å². The van der Waals surface area contributed by atoms with Crippen LogP contribution in [0.25, 0.3) is 0 Å². The number of aryl methyl sites for hydroxylation is 1. The van der Waals surface area contributed by atoms with Crippen molar-refractivity contribution in [2.45, 2.75) is 32.6 Å². The van der Waals surface area contributed by atoms with Gasteiger partial charge in [0, 0.05) is 57.8 Å². The molecule has 1 aliphatic heterocycles. The van der Waals surface area contributed by atoms with E-state index in [4.69, 9.17) is 9.26 Å². The molecule has 3 rings (SSSR count). The first kappa shape index (κ1) is 21.0. The van der Waals surface area contributed by atoms with Crippen molar-refractivity contribution < 1.29 is 9.26 Å². The lowest BCUT2D eigenvalue weighted by molar-refractivity contribution is 0.363. The Kier molecular flexibility index (Phi) is 7.32. The van der Waals surface area contributed by atoms with E-state index in [1.54, 1.807) is 7.11 Å². The molecule has 8 heteroatoms. The first-order valence-electron chi connectivity index (χ1n) is 10.3. The number of methoxy groups -OCH3 is 1. The third kappa shape index (κ3) is 5.62. The first-order chi connectivity index (χ1) is 14.1. The Morgan fingerprint density at radius 3 is 2.52 bits per heavy atom. The van der Waals surface area contributed by atoms with Crippen molar-refractivity contribution in [1.82, 2.24) is 20.4 Å². The molecule has 2 aromatic rings. The maximum Gasteiger partial charge on any atom is 0.226 e. The first-order valence-corrected chi connectivity index (χ1v) is 10.3. The van der Waals surface area contributed by atoms with Crippen LogP contribution in [-0.2, 0) is 6.42 Å². The molecule has 0 unspecified atom stereocenters. The molecule has 0 saturated carbocycles. The normalized spacial score (nSPS) is 15.1. The fourth-order valence-electron chi connectivity index (χ4n) is 3.35. The summed E-state index contributed by atoms with van der Waals surface area (Å²) in [7, 11) is 3.53. The van der Waals surface area contributed by atoms with Crippen LogP contribution in [0.5, 0.6) is 5.75 Å². The lowest BCUT2D eigenvalue weighted by atomic mass is 10.2. The molecular formula is C21H32N6O2. The van der Waals surface area contributed by atoms with Crippen LogP contribution in [0.15, 0.2) is 33.8 Å². The second kappa shape index (κ2) is 10.1. The predicted octanol–water partition coefficient (Wildman–Crippen LogP) is 2.53. The second-order valence-corrected chi connectivity index (χ2v) is 7.45. The van der Waals surface area contributed by atoms with Gasteiger partial charge in [-0.2, -0.15) is 4.98 Å². The summed E-state index contributed by atoms with van der Waals surface area (Å²) in [5, 5.41) is 7.47. The number of benzene rings is 1. The van der Waals surface area contributed by atoms with E-state index < -0.39 is 0 Å². The Hall–Kier alpha value is -2.77. The zero-order valence-electron chi connectivity index (χ0n) is 17.9. The second-order valence-electron chi connectivity index (χ2n) is 7.45. The molecule has 29 heavy (non-hydrogen) atoms. The van der Waals surface area contributed by atoms with Gasteiger partial charge in [0.25, 0.3) is 0 Å². The number of guanidine groups is 1. The number of hydrogen-bond donors (Lipinski definition) is 1. The Balaban J connectivity index is 1.41. The summed E-state index contributed by atoms with van der Waals surface area (Å²) in [5.74, 6) is 3.61. The van der Waals surface area contributed by atoms with Gasteiger partial charge in [-0.05, 0) is 30.7 Å². The van der Waals surface area contributed by atoms with Crippen LogP contribution in [-0.4, -0.2) is 67.9 Å². The van der Waals surface area contributed by atoms with Crippen molar-refractivity contribution in [3.8, 4) is 5.75 Å². The standard InChI is InChI=1S/C21H32N6O2/c1-16(2)20-24-19(29-25-20)6-5-11-23-21(22-3)27-14-12-26(13-15-27)17-7-9-18(28-4)10-8-17/h7-10,16H,5-6,11-15H2,1-4H3,(H,22,23). The number of aliphatic imine (C=N–C) groups is 1. The van der Waals surface area contributed by atoms with Gasteiger partial charge in [0.1, 0.15) is 5.75 Å². The van der Waals surface area contributed by atoms with Gasteiger partial charge < -0.3 is 24.4 Å². The van der Waals surface area contributed by atoms with Crippen molar-refractivity contribution in [3.63, 3.8) is 0 Å². The van der Waals surface area contributed by atoms with Crippen LogP contribution >= 0.6 is 0 Å². The van der Waals surface area contributed by atoms with Crippen molar-refractivity contribution in [2.24, 2.45) is 4.99 Å². The van der Waals surface area contributed by atoms with Crippen LogP contribution in [0.4, 0.5) is 5.69 Å². The van der Waals surface area contributed by atoms with Gasteiger partial charge in [-0.1, -0.05) is 19.0 Å². The molecule has 0 spiro atoms. The van der Waals surface area contributed by atoms with Crippen molar-refractivity contribution in [3.05, 3.63) is 36.0 Å². The highest BCUT2D eigenvalue weighted by atomic mass is 16.5. The molecule has 1 aromatic heterocycles. The number of aromatic nitrogens is 2. The molecule has 0 amide bonds. The molecule has 0 atom stereocenters. The summed E-state index contributed by atoms with van der Waals surface area (Å²) < 4.78 is 10.5. The molecular weight excluding hydrogens is 368 g/mol. The summed E-state index contributed by atoms with van der Waals surface area (Å²) in [6.07, 6.45) is 1.69. The highest BCUT2D eigenvalue weighted by Gasteiger charge is 2.19. The summed E-state index contributed by atoms with van der Waals surface area (Å²) >= 11 is 0. The Bertz CT molecular complexity index is 779. The monoisotopic (exact) mass is 400 g/mol. The minimum atomic E-state index is 0.293. The molecule has 2 heterocycles. The van der Waals surface area contributed by atoms with E-state index in [9.17, 15) is 0 Å². The number of rotatable bonds is 7. The molecule has 8 nitrogen and oxygen atoms in total. The highest BCUT2D eigenvalue weighted by molar-refractivity contribution is 5.80. The van der Waals surface area contributed by atoms with Gasteiger partial charge in [-0.3, -0.25) is 4.99 Å². The number of nitrogens with one attached hydrogen (secondary N) is 1. The predicted molar refractivity (Wildman–Crippen MR) is 115 cm³/mol. The average molecular weight is 401 g/mol. The lowest BCUT2D eigenvalue weighted by Gasteiger charge is -2.37. The van der Waals surface area contributed by atoms with Crippen molar-refractivity contribution in [1.29, 1.82) is 0 Å². The minimum Gasteiger partial charge on any atom is -0.497 e. The number of piperazine rings is 1. The molecule has 1 fully saturated rings. The summed E-state index contributed by atoms with van der Waals surface area (Å²) in [6.45, 7) is 8.76. The molecule has 0 aliphatic carbocycles. The summed E-state index contributed by atoms with van der Waals surface area (Å²) in [5.41, 5.74) is 1.23. The zero-order valence-corrected chi connectivity index (χ0v) is 17.9. The topological polar surface area (TPSA) is 79.0 Å². The maximum absolute atomic E-state index is 5.30. The zero-order chi connectivity index (χ0) is 20.6. The largest absolute Gasteiger partial charge is 0.497 e. The molecule has 158 valence electrons. The van der Waals surface area contributed by atoms with Crippen LogP contribution in [0.1, 0.15) is 37.9 Å². The van der Waals surface area contributed by atoms with E-state index in [1.807, 2.05) is 19.2 Å². The minimum absolute atomic E-state index is 0.293. The third-order valence-corrected chi connectivity index (χ3v) is 5.08.